The molecule has 1 N–H and O–H groups in total. The van der Waals surface area contributed by atoms with E-state index in [1.54, 1.807) is 11.3 Å². The van der Waals surface area contributed by atoms with Crippen LogP contribution in [0.25, 0.3) is 10.2 Å². The molecule has 2 aromatic heterocycles. The molecule has 2 rings (SSSR count). The Kier molecular flexibility index (Phi) is 1.08. The van der Waals surface area contributed by atoms with Gasteiger partial charge in [0.1, 0.15) is 5.52 Å². The molecule has 0 fully saturated rings. The largest absolute Gasteiger partial charge is 0.281 e. The lowest BCUT2D eigenvalue weighted by atomic mass is 10.3. The van der Waals surface area contributed by atoms with Gasteiger partial charge in [0.05, 0.1) is 4.70 Å². The van der Waals surface area contributed by atoms with E-state index in [1.165, 1.54) is 16.0 Å². The van der Waals surface area contributed by atoms with Crippen molar-refractivity contribution >= 4 is 21.6 Å². The van der Waals surface area contributed by atoms with Gasteiger partial charge in [-0.15, -0.1) is 11.3 Å². The van der Waals surface area contributed by atoms with Crippen LogP contribution in [0.5, 0.6) is 0 Å². The number of aryl methyl sites for hydroxylation is 2. The normalized spacial score (nSPS) is 11.0. The molecule has 0 radical (unpaired) electrons. The molecule has 0 unspecified atom stereocenters. The van der Waals surface area contributed by atoms with Crippen molar-refractivity contribution in [2.75, 3.05) is 0 Å². The highest BCUT2D eigenvalue weighted by atomic mass is 32.1. The molecule has 0 saturated heterocycles. The zero-order valence-electron chi connectivity index (χ0n) is 5.93. The van der Waals surface area contributed by atoms with Crippen molar-refractivity contribution in [1.29, 1.82) is 0 Å². The molecule has 0 spiro atoms. The van der Waals surface area contributed by atoms with Gasteiger partial charge in [0.15, 0.2) is 0 Å². The molecule has 0 bridgehead atoms. The maximum absolute atomic E-state index is 4.16. The smallest absolute Gasteiger partial charge is 0.106 e. The first-order valence-electron chi connectivity index (χ1n) is 3.18. The van der Waals surface area contributed by atoms with Crippen LogP contribution in [0.2, 0.25) is 0 Å². The number of hydrogen-bond donors (Lipinski definition) is 1. The van der Waals surface area contributed by atoms with Gasteiger partial charge in [-0.05, 0) is 24.8 Å². The minimum absolute atomic E-state index is 1.13. The molecule has 0 aliphatic carbocycles. The number of aromatic nitrogens is 2. The van der Waals surface area contributed by atoms with E-state index in [0.717, 1.165) is 5.52 Å². The Hall–Kier alpha value is -0.830. The van der Waals surface area contributed by atoms with Gasteiger partial charge in [-0.1, -0.05) is 0 Å². The fourth-order valence-corrected chi connectivity index (χ4v) is 1.98. The van der Waals surface area contributed by atoms with Crippen molar-refractivity contribution in [3.8, 4) is 0 Å². The molecule has 0 aromatic carbocycles. The highest BCUT2D eigenvalue weighted by Crippen LogP contribution is 2.25. The predicted octanol–water partition coefficient (Wildman–Crippen LogP) is 2.24. The molecular weight excluding hydrogens is 144 g/mol. The first-order valence-corrected chi connectivity index (χ1v) is 4.06. The average Bonchev–Trinajstić information content (AvgIpc) is 2.41. The number of nitrogens with zero attached hydrogens (tertiary/aromatic N) is 1. The fraction of sp³-hybridized carbons (Fsp3) is 0.286. The van der Waals surface area contributed by atoms with Crippen LogP contribution >= 0.6 is 11.3 Å². The maximum Gasteiger partial charge on any atom is 0.106 e. The lowest BCUT2D eigenvalue weighted by molar-refractivity contribution is 1.06. The molecular formula is C7H8N2S. The molecule has 0 amide bonds. The summed E-state index contributed by atoms with van der Waals surface area (Å²) >= 11 is 1.75. The third-order valence-corrected chi connectivity index (χ3v) is 2.82. The molecule has 0 aliphatic rings. The zero-order chi connectivity index (χ0) is 7.14. The Bertz CT molecular complexity index is 322. The predicted molar refractivity (Wildman–Crippen MR) is 43.4 cm³/mol. The minimum atomic E-state index is 1.13. The van der Waals surface area contributed by atoms with Gasteiger partial charge in [0.25, 0.3) is 0 Å². The topological polar surface area (TPSA) is 28.7 Å². The molecule has 2 aromatic rings. The van der Waals surface area contributed by atoms with Crippen LogP contribution in [-0.4, -0.2) is 10.2 Å². The Morgan fingerprint density at radius 1 is 1.50 bits per heavy atom. The van der Waals surface area contributed by atoms with Crippen LogP contribution in [0.4, 0.5) is 0 Å². The molecule has 52 valence electrons. The number of thiophene rings is 1. The third kappa shape index (κ3) is 0.609. The molecule has 0 atom stereocenters. The molecule has 0 aliphatic heterocycles. The summed E-state index contributed by atoms with van der Waals surface area (Å²) in [5.74, 6) is 0. The van der Waals surface area contributed by atoms with Gasteiger partial charge in [-0.25, -0.2) is 0 Å². The van der Waals surface area contributed by atoms with Crippen molar-refractivity contribution in [1.82, 2.24) is 10.2 Å². The van der Waals surface area contributed by atoms with Gasteiger partial charge in [-0.2, -0.15) is 5.10 Å². The lowest BCUT2D eigenvalue weighted by Crippen LogP contribution is -1.69. The maximum atomic E-state index is 4.16. The van der Waals surface area contributed by atoms with E-state index in [9.17, 15) is 0 Å². The van der Waals surface area contributed by atoms with Crippen LogP contribution in [0.15, 0.2) is 5.38 Å². The third-order valence-electron chi connectivity index (χ3n) is 1.62. The Labute approximate surface area is 62.9 Å². The summed E-state index contributed by atoms with van der Waals surface area (Å²) < 4.78 is 1.29. The summed E-state index contributed by atoms with van der Waals surface area (Å²) in [6.45, 7) is 4.13. The zero-order valence-corrected chi connectivity index (χ0v) is 6.75. The van der Waals surface area contributed by atoms with Gasteiger partial charge >= 0.3 is 0 Å². The molecule has 10 heavy (non-hydrogen) atoms. The van der Waals surface area contributed by atoms with Crippen LogP contribution < -0.4 is 0 Å². The standard InChI is InChI=1S/C7H8N2S/c1-4-3-10-7-5(2)8-9-6(4)7/h3H,1-2H3,(H,8,9). The van der Waals surface area contributed by atoms with Crippen LogP contribution in [0, 0.1) is 13.8 Å². The highest BCUT2D eigenvalue weighted by Gasteiger charge is 2.04. The first kappa shape index (κ1) is 5.92. The highest BCUT2D eigenvalue weighted by molar-refractivity contribution is 7.17. The van der Waals surface area contributed by atoms with Gasteiger partial charge < -0.3 is 0 Å². The number of H-pyrrole nitrogens is 1. The minimum Gasteiger partial charge on any atom is -0.281 e. The molecule has 2 nitrogen and oxygen atoms in total. The van der Waals surface area contributed by atoms with Gasteiger partial charge in [-0.3, -0.25) is 5.10 Å². The summed E-state index contributed by atoms with van der Waals surface area (Å²) in [6.07, 6.45) is 0. The van der Waals surface area contributed by atoms with Crippen molar-refractivity contribution < 1.29 is 0 Å². The Morgan fingerprint density at radius 2 is 2.30 bits per heavy atom. The van der Waals surface area contributed by atoms with Crippen molar-refractivity contribution in [2.45, 2.75) is 13.8 Å². The number of fused-ring (bicyclic) bond motifs is 1. The SMILES string of the molecule is Cc1csc2c(C)[nH]nc12. The second-order valence-electron chi connectivity index (χ2n) is 2.45. The quantitative estimate of drug-likeness (QED) is 0.616. The lowest BCUT2D eigenvalue weighted by Gasteiger charge is -1.74. The van der Waals surface area contributed by atoms with E-state index in [1.807, 2.05) is 6.92 Å². The molecule has 3 heteroatoms. The van der Waals surface area contributed by atoms with Crippen molar-refractivity contribution in [3.05, 3.63) is 16.6 Å². The van der Waals surface area contributed by atoms with E-state index in [0.29, 0.717) is 0 Å². The van der Waals surface area contributed by atoms with E-state index < -0.39 is 0 Å². The number of hydrogen-bond acceptors (Lipinski definition) is 2. The number of rotatable bonds is 0. The van der Waals surface area contributed by atoms with Crippen LogP contribution in [0.1, 0.15) is 11.3 Å². The summed E-state index contributed by atoms with van der Waals surface area (Å²) in [7, 11) is 0. The monoisotopic (exact) mass is 152 g/mol. The summed E-state index contributed by atoms with van der Waals surface area (Å²) in [5.41, 5.74) is 3.57. The Balaban J connectivity index is 2.95. The van der Waals surface area contributed by atoms with E-state index in [4.69, 9.17) is 0 Å². The Morgan fingerprint density at radius 3 is 3.00 bits per heavy atom. The summed E-state index contributed by atoms with van der Waals surface area (Å²) in [5, 5.41) is 9.26. The van der Waals surface area contributed by atoms with Crippen molar-refractivity contribution in [2.24, 2.45) is 0 Å². The number of aromatic amines is 1. The summed E-state index contributed by atoms with van der Waals surface area (Å²) in [6, 6.07) is 0. The van der Waals surface area contributed by atoms with Crippen LogP contribution in [-0.2, 0) is 0 Å². The number of nitrogens with one attached hydrogen (secondary N) is 1. The van der Waals surface area contributed by atoms with E-state index >= 15 is 0 Å². The van der Waals surface area contributed by atoms with Gasteiger partial charge in [0.2, 0.25) is 0 Å². The van der Waals surface area contributed by atoms with Crippen LogP contribution in [0.3, 0.4) is 0 Å². The fourth-order valence-electron chi connectivity index (χ4n) is 1.03. The molecule has 2 heterocycles. The average molecular weight is 152 g/mol. The van der Waals surface area contributed by atoms with E-state index in [2.05, 4.69) is 22.5 Å². The van der Waals surface area contributed by atoms with Crippen molar-refractivity contribution in [3.63, 3.8) is 0 Å². The van der Waals surface area contributed by atoms with E-state index in [-0.39, 0.29) is 0 Å². The second-order valence-corrected chi connectivity index (χ2v) is 3.32. The summed E-state index contributed by atoms with van der Waals surface area (Å²) in [4.78, 5) is 0. The first-order chi connectivity index (χ1) is 4.79. The van der Waals surface area contributed by atoms with Gasteiger partial charge in [0, 0.05) is 5.69 Å². The second kappa shape index (κ2) is 1.83. The molecule has 0 saturated carbocycles.